The zero-order chi connectivity index (χ0) is 12.3. The van der Waals surface area contributed by atoms with Gasteiger partial charge in [0.05, 0.1) is 9.83 Å². The molecule has 0 bridgehead atoms. The van der Waals surface area contributed by atoms with Crippen molar-refractivity contribution >= 4 is 43.2 Å². The van der Waals surface area contributed by atoms with Crippen LogP contribution >= 0.6 is 43.2 Å². The highest BCUT2D eigenvalue weighted by Gasteiger charge is 2.15. The molecule has 2 heterocycles. The molecule has 0 radical (unpaired) electrons. The lowest BCUT2D eigenvalue weighted by Crippen LogP contribution is -2.28. The van der Waals surface area contributed by atoms with Crippen molar-refractivity contribution in [3.05, 3.63) is 49.3 Å². The van der Waals surface area contributed by atoms with Gasteiger partial charge in [-0.2, -0.15) is 0 Å². The first-order valence-corrected chi connectivity index (χ1v) is 7.40. The molecule has 6 heteroatoms. The quantitative estimate of drug-likeness (QED) is 0.634. The number of hydrazine groups is 1. The van der Waals surface area contributed by atoms with Gasteiger partial charge < -0.3 is 0 Å². The molecule has 0 amide bonds. The smallest absolute Gasteiger partial charge is 0.0843 e. The second-order valence-corrected chi connectivity index (χ2v) is 6.81. The Morgan fingerprint density at radius 1 is 1.47 bits per heavy atom. The molecule has 3 nitrogen and oxygen atoms in total. The van der Waals surface area contributed by atoms with Gasteiger partial charge in [0, 0.05) is 21.7 Å². The van der Waals surface area contributed by atoms with Gasteiger partial charge in [-0.15, -0.1) is 11.3 Å². The van der Waals surface area contributed by atoms with Gasteiger partial charge in [-0.25, -0.2) is 0 Å². The Balaban J connectivity index is 2.17. The number of rotatable bonds is 4. The standard InChI is InChI=1S/C11H11Br2N3S/c12-8-5-10(17-11(8)13)9(16-14)4-7-2-1-3-15-6-7/h1-3,5-6,9,16H,4,14H2. The molecule has 0 saturated heterocycles. The third-order valence-electron chi connectivity index (χ3n) is 2.37. The lowest BCUT2D eigenvalue weighted by atomic mass is 10.1. The first-order chi connectivity index (χ1) is 8.20. The van der Waals surface area contributed by atoms with E-state index in [1.54, 1.807) is 17.5 Å². The van der Waals surface area contributed by atoms with Crippen molar-refractivity contribution in [2.75, 3.05) is 0 Å². The van der Waals surface area contributed by atoms with Gasteiger partial charge in [-0.1, -0.05) is 6.07 Å². The second kappa shape index (κ2) is 6.06. The van der Waals surface area contributed by atoms with Crippen molar-refractivity contribution in [1.29, 1.82) is 0 Å². The van der Waals surface area contributed by atoms with Crippen LogP contribution in [0.25, 0.3) is 0 Å². The van der Waals surface area contributed by atoms with Crippen LogP contribution in [0.4, 0.5) is 0 Å². The molecular formula is C11H11Br2N3S. The van der Waals surface area contributed by atoms with Crippen LogP contribution in [0.2, 0.25) is 0 Å². The normalized spacial score (nSPS) is 12.6. The van der Waals surface area contributed by atoms with Crippen molar-refractivity contribution in [3.63, 3.8) is 0 Å². The summed E-state index contributed by atoms with van der Waals surface area (Å²) in [6, 6.07) is 6.17. The summed E-state index contributed by atoms with van der Waals surface area (Å²) in [6.07, 6.45) is 4.46. The first-order valence-electron chi connectivity index (χ1n) is 5.00. The molecule has 0 aliphatic heterocycles. The van der Waals surface area contributed by atoms with E-state index in [1.807, 2.05) is 12.3 Å². The van der Waals surface area contributed by atoms with Crippen molar-refractivity contribution in [3.8, 4) is 0 Å². The Kier molecular flexibility index (Phi) is 4.69. The molecule has 1 unspecified atom stereocenters. The maximum absolute atomic E-state index is 5.62. The fraction of sp³-hybridized carbons (Fsp3) is 0.182. The van der Waals surface area contributed by atoms with Gasteiger partial charge in [0.1, 0.15) is 0 Å². The Bertz CT molecular complexity index is 467. The average Bonchev–Trinajstić information content (AvgIpc) is 2.68. The van der Waals surface area contributed by atoms with Gasteiger partial charge in [-0.05, 0) is 56.0 Å². The minimum absolute atomic E-state index is 0.104. The van der Waals surface area contributed by atoms with E-state index in [0.29, 0.717) is 0 Å². The van der Waals surface area contributed by atoms with Gasteiger partial charge in [0.2, 0.25) is 0 Å². The number of nitrogens with zero attached hydrogens (tertiary/aromatic N) is 1. The van der Waals surface area contributed by atoms with Gasteiger partial charge in [0.15, 0.2) is 0 Å². The van der Waals surface area contributed by atoms with E-state index < -0.39 is 0 Å². The molecule has 2 rings (SSSR count). The molecule has 0 aliphatic carbocycles. The lowest BCUT2D eigenvalue weighted by molar-refractivity contribution is 0.560. The summed E-state index contributed by atoms with van der Waals surface area (Å²) in [5.74, 6) is 5.62. The molecule has 2 aromatic heterocycles. The van der Waals surface area contributed by atoms with E-state index in [9.17, 15) is 0 Å². The second-order valence-electron chi connectivity index (χ2n) is 3.56. The topological polar surface area (TPSA) is 50.9 Å². The number of hydrogen-bond donors (Lipinski definition) is 2. The molecule has 90 valence electrons. The number of thiophene rings is 1. The fourth-order valence-electron chi connectivity index (χ4n) is 1.53. The molecule has 0 fully saturated rings. The SMILES string of the molecule is NNC(Cc1cccnc1)c1cc(Br)c(Br)s1. The van der Waals surface area contributed by atoms with Crippen molar-refractivity contribution in [2.45, 2.75) is 12.5 Å². The molecule has 2 aromatic rings. The number of nitrogens with one attached hydrogen (secondary N) is 1. The summed E-state index contributed by atoms with van der Waals surface area (Å²) in [4.78, 5) is 5.29. The maximum Gasteiger partial charge on any atom is 0.0843 e. The van der Waals surface area contributed by atoms with E-state index in [1.165, 1.54) is 4.88 Å². The molecule has 0 aliphatic rings. The number of aromatic nitrogens is 1. The molecule has 3 N–H and O–H groups in total. The highest BCUT2D eigenvalue weighted by Crippen LogP contribution is 2.36. The molecule has 1 atom stereocenters. The summed E-state index contributed by atoms with van der Waals surface area (Å²) in [6.45, 7) is 0. The Labute approximate surface area is 121 Å². The summed E-state index contributed by atoms with van der Waals surface area (Å²) in [7, 11) is 0. The highest BCUT2D eigenvalue weighted by atomic mass is 79.9. The zero-order valence-electron chi connectivity index (χ0n) is 8.86. The van der Waals surface area contributed by atoms with Crippen LogP contribution in [-0.4, -0.2) is 4.98 Å². The Morgan fingerprint density at radius 2 is 2.29 bits per heavy atom. The zero-order valence-corrected chi connectivity index (χ0v) is 12.8. The molecule has 0 spiro atoms. The Morgan fingerprint density at radius 3 is 2.82 bits per heavy atom. The van der Waals surface area contributed by atoms with E-state index in [2.05, 4.69) is 54.4 Å². The van der Waals surface area contributed by atoms with Crippen LogP contribution < -0.4 is 11.3 Å². The number of halogens is 2. The molecule has 17 heavy (non-hydrogen) atoms. The minimum atomic E-state index is 0.104. The van der Waals surface area contributed by atoms with Crippen LogP contribution in [0.15, 0.2) is 38.9 Å². The van der Waals surface area contributed by atoms with Crippen LogP contribution in [0.5, 0.6) is 0 Å². The lowest BCUT2D eigenvalue weighted by Gasteiger charge is -2.13. The van der Waals surface area contributed by atoms with E-state index >= 15 is 0 Å². The summed E-state index contributed by atoms with van der Waals surface area (Å²) in [5.41, 5.74) is 4.01. The largest absolute Gasteiger partial charge is 0.271 e. The van der Waals surface area contributed by atoms with Gasteiger partial charge in [0.25, 0.3) is 0 Å². The van der Waals surface area contributed by atoms with Gasteiger partial charge in [-0.3, -0.25) is 16.3 Å². The van der Waals surface area contributed by atoms with Crippen LogP contribution in [0, 0.1) is 0 Å². The van der Waals surface area contributed by atoms with Crippen molar-refractivity contribution in [1.82, 2.24) is 10.4 Å². The fourth-order valence-corrected chi connectivity index (χ4v) is 3.68. The predicted molar refractivity (Wildman–Crippen MR) is 77.7 cm³/mol. The number of hydrogen-bond acceptors (Lipinski definition) is 4. The molecule has 0 aromatic carbocycles. The van der Waals surface area contributed by atoms with E-state index in [0.717, 1.165) is 20.2 Å². The monoisotopic (exact) mass is 375 g/mol. The van der Waals surface area contributed by atoms with Crippen molar-refractivity contribution in [2.24, 2.45) is 5.84 Å². The minimum Gasteiger partial charge on any atom is -0.271 e. The summed E-state index contributed by atoms with van der Waals surface area (Å²) >= 11 is 8.64. The van der Waals surface area contributed by atoms with Crippen LogP contribution in [0.3, 0.4) is 0 Å². The summed E-state index contributed by atoms with van der Waals surface area (Å²) in [5, 5.41) is 0. The average molecular weight is 377 g/mol. The maximum atomic E-state index is 5.62. The molecule has 0 saturated carbocycles. The van der Waals surface area contributed by atoms with Crippen molar-refractivity contribution < 1.29 is 0 Å². The first kappa shape index (κ1) is 13.2. The van der Waals surface area contributed by atoms with Crippen LogP contribution in [-0.2, 0) is 6.42 Å². The van der Waals surface area contributed by atoms with E-state index in [4.69, 9.17) is 5.84 Å². The Hall–Kier alpha value is -0.270. The van der Waals surface area contributed by atoms with E-state index in [-0.39, 0.29) is 6.04 Å². The summed E-state index contributed by atoms with van der Waals surface area (Å²) < 4.78 is 2.14. The number of nitrogens with two attached hydrogens (primary N) is 1. The number of pyridine rings is 1. The molecular weight excluding hydrogens is 366 g/mol. The van der Waals surface area contributed by atoms with Gasteiger partial charge >= 0.3 is 0 Å². The highest BCUT2D eigenvalue weighted by molar-refractivity contribution is 9.13. The van der Waals surface area contributed by atoms with Crippen LogP contribution in [0.1, 0.15) is 16.5 Å². The third kappa shape index (κ3) is 3.35. The third-order valence-corrected chi connectivity index (χ3v) is 5.74. The predicted octanol–water partition coefficient (Wildman–Crippen LogP) is 3.42.